The Balaban J connectivity index is 2.67. The summed E-state index contributed by atoms with van der Waals surface area (Å²) in [6.07, 6.45) is 0. The standard InChI is InChI=1S/C8H5FINO/c9-5-1-2-7-6(3-5)11-8(4-10)12-7/h1-3H,4H2. The molecule has 0 aliphatic rings. The van der Waals surface area contributed by atoms with Crippen molar-refractivity contribution in [2.24, 2.45) is 0 Å². The number of hydrogen-bond acceptors (Lipinski definition) is 2. The molecule has 0 N–H and O–H groups in total. The van der Waals surface area contributed by atoms with E-state index in [1.165, 1.54) is 12.1 Å². The van der Waals surface area contributed by atoms with Crippen LogP contribution in [0.3, 0.4) is 0 Å². The summed E-state index contributed by atoms with van der Waals surface area (Å²) >= 11 is 2.15. The first-order chi connectivity index (χ1) is 5.79. The molecular formula is C8H5FINO. The minimum Gasteiger partial charge on any atom is -0.440 e. The first-order valence-corrected chi connectivity index (χ1v) is 4.93. The lowest BCUT2D eigenvalue weighted by molar-refractivity contribution is 0.558. The average molecular weight is 277 g/mol. The van der Waals surface area contributed by atoms with E-state index in [9.17, 15) is 4.39 Å². The van der Waals surface area contributed by atoms with Crippen molar-refractivity contribution in [3.05, 3.63) is 29.9 Å². The lowest BCUT2D eigenvalue weighted by atomic mass is 10.3. The van der Waals surface area contributed by atoms with Gasteiger partial charge in [-0.1, -0.05) is 22.6 Å². The third-order valence-corrected chi connectivity index (χ3v) is 2.16. The van der Waals surface area contributed by atoms with Crippen LogP contribution in [0, 0.1) is 5.82 Å². The van der Waals surface area contributed by atoms with Crippen LogP contribution in [0.2, 0.25) is 0 Å². The molecule has 0 unspecified atom stereocenters. The van der Waals surface area contributed by atoms with Crippen LogP contribution >= 0.6 is 22.6 Å². The molecule has 62 valence electrons. The molecule has 1 heterocycles. The van der Waals surface area contributed by atoms with Crippen LogP contribution in [-0.4, -0.2) is 4.98 Å². The molecule has 0 saturated heterocycles. The highest BCUT2D eigenvalue weighted by molar-refractivity contribution is 14.1. The quantitative estimate of drug-likeness (QED) is 0.591. The van der Waals surface area contributed by atoms with Gasteiger partial charge in [0.15, 0.2) is 5.58 Å². The van der Waals surface area contributed by atoms with Gasteiger partial charge in [-0.25, -0.2) is 9.37 Å². The number of alkyl halides is 1. The van der Waals surface area contributed by atoms with E-state index in [1.807, 2.05) is 0 Å². The third-order valence-electron chi connectivity index (χ3n) is 1.51. The Kier molecular flexibility index (Phi) is 2.00. The van der Waals surface area contributed by atoms with E-state index in [2.05, 4.69) is 27.6 Å². The molecule has 1 aromatic carbocycles. The third kappa shape index (κ3) is 1.31. The van der Waals surface area contributed by atoms with Gasteiger partial charge in [0.05, 0.1) is 4.43 Å². The Hall–Kier alpha value is -0.650. The fourth-order valence-electron chi connectivity index (χ4n) is 1.01. The number of benzene rings is 1. The van der Waals surface area contributed by atoms with Crippen molar-refractivity contribution in [3.8, 4) is 0 Å². The summed E-state index contributed by atoms with van der Waals surface area (Å²) in [6, 6.07) is 4.33. The number of nitrogens with zero attached hydrogens (tertiary/aromatic N) is 1. The minimum absolute atomic E-state index is 0.282. The molecule has 2 aromatic rings. The number of oxazole rings is 1. The van der Waals surface area contributed by atoms with Gasteiger partial charge in [-0.05, 0) is 12.1 Å². The summed E-state index contributed by atoms with van der Waals surface area (Å²) < 4.78 is 18.7. The van der Waals surface area contributed by atoms with Crippen molar-refractivity contribution in [1.29, 1.82) is 0 Å². The lowest BCUT2D eigenvalue weighted by Crippen LogP contribution is -1.74. The second kappa shape index (κ2) is 3.01. The molecule has 12 heavy (non-hydrogen) atoms. The summed E-state index contributed by atoms with van der Waals surface area (Å²) in [6.45, 7) is 0. The number of hydrogen-bond donors (Lipinski definition) is 0. The van der Waals surface area contributed by atoms with Gasteiger partial charge < -0.3 is 4.42 Å². The molecule has 0 aliphatic carbocycles. The monoisotopic (exact) mass is 277 g/mol. The van der Waals surface area contributed by atoms with E-state index >= 15 is 0 Å². The van der Waals surface area contributed by atoms with Crippen molar-refractivity contribution in [1.82, 2.24) is 4.98 Å². The van der Waals surface area contributed by atoms with Crippen LogP contribution in [-0.2, 0) is 4.43 Å². The van der Waals surface area contributed by atoms with Crippen molar-refractivity contribution in [3.63, 3.8) is 0 Å². The lowest BCUT2D eigenvalue weighted by Gasteiger charge is -1.84. The number of fused-ring (bicyclic) bond motifs is 1. The molecule has 0 bridgehead atoms. The van der Waals surface area contributed by atoms with Crippen LogP contribution in [0.15, 0.2) is 22.6 Å². The zero-order valence-electron chi connectivity index (χ0n) is 6.05. The Labute approximate surface area is 81.9 Å². The fraction of sp³-hybridized carbons (Fsp3) is 0.125. The second-order valence-corrected chi connectivity index (χ2v) is 3.12. The van der Waals surface area contributed by atoms with Gasteiger partial charge in [0, 0.05) is 6.07 Å². The fourth-order valence-corrected chi connectivity index (χ4v) is 1.33. The molecule has 0 radical (unpaired) electrons. The maximum absolute atomic E-state index is 12.7. The SMILES string of the molecule is Fc1ccc2oc(CI)nc2c1. The number of halogens is 2. The van der Waals surface area contributed by atoms with E-state index < -0.39 is 0 Å². The molecule has 0 saturated carbocycles. The van der Waals surface area contributed by atoms with Crippen LogP contribution < -0.4 is 0 Å². The molecule has 4 heteroatoms. The number of rotatable bonds is 1. The maximum atomic E-state index is 12.7. The second-order valence-electron chi connectivity index (χ2n) is 2.35. The van der Waals surface area contributed by atoms with E-state index in [1.54, 1.807) is 6.07 Å². The van der Waals surface area contributed by atoms with Gasteiger partial charge in [-0.2, -0.15) is 0 Å². The molecule has 2 nitrogen and oxygen atoms in total. The predicted octanol–water partition coefficient (Wildman–Crippen LogP) is 2.90. The van der Waals surface area contributed by atoms with E-state index in [-0.39, 0.29) is 5.82 Å². The van der Waals surface area contributed by atoms with Crippen LogP contribution in [0.5, 0.6) is 0 Å². The highest BCUT2D eigenvalue weighted by Gasteiger charge is 2.04. The van der Waals surface area contributed by atoms with Crippen LogP contribution in [0.25, 0.3) is 11.1 Å². The van der Waals surface area contributed by atoms with Gasteiger partial charge in [0.1, 0.15) is 11.3 Å². The summed E-state index contributed by atoms with van der Waals surface area (Å²) in [5.41, 5.74) is 1.23. The summed E-state index contributed by atoms with van der Waals surface area (Å²) in [5.74, 6) is 0.354. The zero-order chi connectivity index (χ0) is 8.55. The molecule has 0 amide bonds. The van der Waals surface area contributed by atoms with Crippen molar-refractivity contribution in [2.75, 3.05) is 0 Å². The van der Waals surface area contributed by atoms with E-state index in [0.29, 0.717) is 21.4 Å². The topological polar surface area (TPSA) is 26.0 Å². The van der Waals surface area contributed by atoms with E-state index in [0.717, 1.165) is 0 Å². The van der Waals surface area contributed by atoms with E-state index in [4.69, 9.17) is 4.42 Å². The molecule has 0 fully saturated rings. The first kappa shape index (κ1) is 7.97. The summed E-state index contributed by atoms with van der Waals surface area (Å²) in [4.78, 5) is 4.08. The molecule has 0 atom stereocenters. The smallest absolute Gasteiger partial charge is 0.205 e. The average Bonchev–Trinajstić information content (AvgIpc) is 2.46. The van der Waals surface area contributed by atoms with Crippen molar-refractivity contribution in [2.45, 2.75) is 4.43 Å². The zero-order valence-corrected chi connectivity index (χ0v) is 8.21. The Morgan fingerprint density at radius 3 is 3.08 bits per heavy atom. The van der Waals surface area contributed by atoms with Crippen molar-refractivity contribution >= 4 is 33.7 Å². The highest BCUT2D eigenvalue weighted by Crippen LogP contribution is 2.17. The highest BCUT2D eigenvalue weighted by atomic mass is 127. The molecule has 2 rings (SSSR count). The van der Waals surface area contributed by atoms with Gasteiger partial charge >= 0.3 is 0 Å². The molecular weight excluding hydrogens is 272 g/mol. The number of aromatic nitrogens is 1. The van der Waals surface area contributed by atoms with Gasteiger partial charge in [0.2, 0.25) is 5.89 Å². The van der Waals surface area contributed by atoms with Gasteiger partial charge in [-0.15, -0.1) is 0 Å². The van der Waals surface area contributed by atoms with Crippen LogP contribution in [0.4, 0.5) is 4.39 Å². The predicted molar refractivity (Wildman–Crippen MR) is 51.7 cm³/mol. The normalized spacial score (nSPS) is 10.8. The molecule has 0 aliphatic heterocycles. The van der Waals surface area contributed by atoms with Gasteiger partial charge in [0.25, 0.3) is 0 Å². The summed E-state index contributed by atoms with van der Waals surface area (Å²) in [7, 11) is 0. The van der Waals surface area contributed by atoms with Gasteiger partial charge in [-0.3, -0.25) is 0 Å². The summed E-state index contributed by atoms with van der Waals surface area (Å²) in [5, 5.41) is 0. The molecule has 1 aromatic heterocycles. The maximum Gasteiger partial charge on any atom is 0.205 e. The minimum atomic E-state index is -0.282. The Morgan fingerprint density at radius 2 is 2.33 bits per heavy atom. The first-order valence-electron chi connectivity index (χ1n) is 3.40. The molecule has 0 spiro atoms. The Bertz CT molecular complexity index is 412. The van der Waals surface area contributed by atoms with Crippen molar-refractivity contribution < 1.29 is 8.81 Å². The Morgan fingerprint density at radius 1 is 1.50 bits per heavy atom. The largest absolute Gasteiger partial charge is 0.440 e. The van der Waals surface area contributed by atoms with Crippen LogP contribution in [0.1, 0.15) is 5.89 Å².